The third-order valence-electron chi connectivity index (χ3n) is 7.01. The number of carbonyl (C=O) groups is 2. The lowest BCUT2D eigenvalue weighted by Gasteiger charge is -2.46. The molecule has 0 atom stereocenters. The molecule has 0 unspecified atom stereocenters. The van der Waals surface area contributed by atoms with Crippen LogP contribution in [0.1, 0.15) is 5.56 Å². The van der Waals surface area contributed by atoms with Gasteiger partial charge in [-0.1, -0.05) is 30.3 Å². The van der Waals surface area contributed by atoms with Crippen LogP contribution in [-0.2, 0) is 11.2 Å². The number of aromatic nitrogens is 1. The number of nitrogens with zero attached hydrogens (tertiary/aromatic N) is 4. The van der Waals surface area contributed by atoms with Gasteiger partial charge in [0.1, 0.15) is 11.6 Å². The molecule has 3 amide bonds. The first-order valence-electron chi connectivity index (χ1n) is 13.4. The van der Waals surface area contributed by atoms with E-state index in [9.17, 15) is 14.0 Å². The molecule has 5 rings (SSSR count). The number of amides is 3. The number of pyridine rings is 1. The van der Waals surface area contributed by atoms with Crippen LogP contribution in [0.4, 0.5) is 20.7 Å². The molecule has 2 aliphatic rings. The van der Waals surface area contributed by atoms with Crippen molar-refractivity contribution >= 4 is 40.8 Å². The Kier molecular flexibility index (Phi) is 9.02. The highest BCUT2D eigenvalue weighted by Gasteiger charge is 2.32. The van der Waals surface area contributed by atoms with Gasteiger partial charge in [0.2, 0.25) is 5.91 Å². The zero-order chi connectivity index (χ0) is 28.8. The van der Waals surface area contributed by atoms with Crippen LogP contribution in [0, 0.1) is 5.82 Å². The number of urea groups is 1. The number of rotatable bonds is 7. The summed E-state index contributed by atoms with van der Waals surface area (Å²) in [5.41, 5.74) is 1.21. The van der Waals surface area contributed by atoms with Gasteiger partial charge in [-0.3, -0.25) is 15.0 Å². The zero-order valence-electron chi connectivity index (χ0n) is 22.7. The molecule has 214 valence electrons. The number of hydrogen-bond donors (Lipinski definition) is 3. The number of carbonyl (C=O) groups excluding carboxylic acids is 2. The van der Waals surface area contributed by atoms with Crippen LogP contribution in [0.25, 0.3) is 0 Å². The van der Waals surface area contributed by atoms with E-state index in [1.165, 1.54) is 18.3 Å². The number of likely N-dealkylation sites (tertiary alicyclic amines) is 1. The highest BCUT2D eigenvalue weighted by atomic mass is 32.1. The first kappa shape index (κ1) is 28.4. The average molecular weight is 578 g/mol. The van der Waals surface area contributed by atoms with Crippen molar-refractivity contribution in [1.29, 1.82) is 0 Å². The summed E-state index contributed by atoms with van der Waals surface area (Å²) in [4.78, 5) is 35.7. The molecule has 2 saturated heterocycles. The fourth-order valence-corrected chi connectivity index (χ4v) is 5.05. The zero-order valence-corrected chi connectivity index (χ0v) is 23.5. The summed E-state index contributed by atoms with van der Waals surface area (Å²) >= 11 is 5.19. The third-order valence-corrected chi connectivity index (χ3v) is 7.21. The summed E-state index contributed by atoms with van der Waals surface area (Å²) in [6.45, 7) is 5.13. The van der Waals surface area contributed by atoms with Crippen molar-refractivity contribution < 1.29 is 18.7 Å². The van der Waals surface area contributed by atoms with Crippen molar-refractivity contribution in [3.8, 4) is 11.5 Å². The highest BCUT2D eigenvalue weighted by Crippen LogP contribution is 2.28. The van der Waals surface area contributed by atoms with Gasteiger partial charge in [-0.15, -0.1) is 0 Å². The van der Waals surface area contributed by atoms with E-state index < -0.39 is 5.82 Å². The Balaban J connectivity index is 1.10. The Bertz CT molecular complexity index is 1400. The van der Waals surface area contributed by atoms with Crippen LogP contribution in [0.3, 0.4) is 0 Å². The lowest BCUT2D eigenvalue weighted by molar-refractivity contribution is -0.119. The Morgan fingerprint density at radius 3 is 2.49 bits per heavy atom. The summed E-state index contributed by atoms with van der Waals surface area (Å²) in [6, 6.07) is 17.0. The molecule has 1 aromatic heterocycles. The van der Waals surface area contributed by atoms with E-state index in [2.05, 4.69) is 37.8 Å². The number of thiocarbonyl (C=S) groups is 1. The molecule has 0 aliphatic carbocycles. The molecule has 3 N–H and O–H groups in total. The Hall–Kier alpha value is -4.13. The largest absolute Gasteiger partial charge is 0.454 e. The number of ether oxygens (including phenoxy) is 1. The van der Waals surface area contributed by atoms with E-state index in [-0.39, 0.29) is 29.2 Å². The molecule has 2 aromatic carbocycles. The van der Waals surface area contributed by atoms with Gasteiger partial charge < -0.3 is 25.2 Å². The third kappa shape index (κ3) is 7.75. The fraction of sp³-hybridized carbons (Fsp3) is 0.310. The molecule has 2 fully saturated rings. The number of hydrogen-bond acceptors (Lipinski definition) is 7. The van der Waals surface area contributed by atoms with Gasteiger partial charge in [-0.05, 0) is 43.0 Å². The van der Waals surface area contributed by atoms with Gasteiger partial charge >= 0.3 is 6.03 Å². The van der Waals surface area contributed by atoms with Crippen LogP contribution >= 0.6 is 12.2 Å². The predicted molar refractivity (Wildman–Crippen MR) is 159 cm³/mol. The summed E-state index contributed by atoms with van der Waals surface area (Å²) in [5, 5.41) is 8.27. The van der Waals surface area contributed by atoms with Crippen LogP contribution in [0.15, 0.2) is 66.9 Å². The maximum atomic E-state index is 14.8. The quantitative estimate of drug-likeness (QED) is 0.367. The lowest BCUT2D eigenvalue weighted by atomic mass is 10.1. The molecule has 12 heteroatoms. The SMILES string of the molecule is CN1CC(N2CCN(C(=O)Nc3cc(Oc4ccc(NC(=S)NC(=O)Cc5ccccc5)cc4F)ccn3)CC2)C1. The number of benzene rings is 2. The van der Waals surface area contributed by atoms with E-state index in [1.807, 2.05) is 30.3 Å². The molecule has 0 bridgehead atoms. The van der Waals surface area contributed by atoms with Crippen molar-refractivity contribution in [2.45, 2.75) is 12.5 Å². The van der Waals surface area contributed by atoms with Crippen molar-refractivity contribution in [1.82, 2.24) is 25.0 Å². The van der Waals surface area contributed by atoms with Gasteiger partial charge in [0.25, 0.3) is 0 Å². The number of piperazine rings is 1. The molecule has 0 saturated carbocycles. The maximum Gasteiger partial charge on any atom is 0.323 e. The normalized spacial score (nSPS) is 16.0. The Morgan fingerprint density at radius 2 is 1.78 bits per heavy atom. The van der Waals surface area contributed by atoms with Crippen molar-refractivity contribution in [2.75, 3.05) is 56.9 Å². The molecule has 3 heterocycles. The molecule has 0 spiro atoms. The van der Waals surface area contributed by atoms with E-state index in [0.29, 0.717) is 36.4 Å². The maximum absolute atomic E-state index is 14.8. The molecule has 41 heavy (non-hydrogen) atoms. The van der Waals surface area contributed by atoms with E-state index in [1.54, 1.807) is 23.1 Å². The van der Waals surface area contributed by atoms with E-state index >= 15 is 0 Å². The predicted octanol–water partition coefficient (Wildman–Crippen LogP) is 3.53. The lowest BCUT2D eigenvalue weighted by Crippen LogP contribution is -2.62. The first-order chi connectivity index (χ1) is 19.8. The first-order valence-corrected chi connectivity index (χ1v) is 13.8. The summed E-state index contributed by atoms with van der Waals surface area (Å²) in [6.07, 6.45) is 1.66. The number of anilines is 2. The molecular weight excluding hydrogens is 545 g/mol. The van der Waals surface area contributed by atoms with Gasteiger partial charge in [0.05, 0.1) is 6.42 Å². The second-order valence-electron chi connectivity index (χ2n) is 10.1. The summed E-state index contributed by atoms with van der Waals surface area (Å²) < 4.78 is 20.5. The van der Waals surface area contributed by atoms with Gasteiger partial charge in [0.15, 0.2) is 16.7 Å². The van der Waals surface area contributed by atoms with Crippen LogP contribution in [0.5, 0.6) is 11.5 Å². The van der Waals surface area contributed by atoms with Crippen molar-refractivity contribution in [2.24, 2.45) is 0 Å². The standard InChI is InChI=1S/C29H32FN7O3S/c1-35-18-22(19-35)36-11-13-37(14-12-36)29(39)33-26-17-23(9-10-31-26)40-25-8-7-21(16-24(25)30)32-28(41)34-27(38)15-20-5-3-2-4-6-20/h2-10,16-17,22H,11-15,18-19H2,1H3,(H,31,33,39)(H2,32,34,38,41). The number of halogens is 1. The minimum absolute atomic E-state index is 0.0178. The van der Waals surface area contributed by atoms with Crippen molar-refractivity contribution in [3.05, 3.63) is 78.2 Å². The van der Waals surface area contributed by atoms with Crippen molar-refractivity contribution in [3.63, 3.8) is 0 Å². The molecular formula is C29H32FN7O3S. The Labute approximate surface area is 243 Å². The minimum Gasteiger partial charge on any atom is -0.454 e. The summed E-state index contributed by atoms with van der Waals surface area (Å²) in [7, 11) is 2.11. The number of likely N-dealkylation sites (N-methyl/N-ethyl adjacent to an activating group) is 1. The smallest absolute Gasteiger partial charge is 0.323 e. The number of nitrogens with one attached hydrogen (secondary N) is 3. The summed E-state index contributed by atoms with van der Waals surface area (Å²) in [5.74, 6) is -0.302. The van der Waals surface area contributed by atoms with Gasteiger partial charge in [0, 0.05) is 69.3 Å². The van der Waals surface area contributed by atoms with Gasteiger partial charge in [-0.2, -0.15) is 0 Å². The van der Waals surface area contributed by atoms with E-state index in [0.717, 1.165) is 31.7 Å². The van der Waals surface area contributed by atoms with E-state index in [4.69, 9.17) is 17.0 Å². The van der Waals surface area contributed by atoms with Crippen LogP contribution in [0.2, 0.25) is 0 Å². The van der Waals surface area contributed by atoms with Crippen LogP contribution in [-0.4, -0.2) is 89.1 Å². The average Bonchev–Trinajstić information content (AvgIpc) is 2.93. The molecule has 3 aromatic rings. The van der Waals surface area contributed by atoms with Crippen LogP contribution < -0.4 is 20.7 Å². The second-order valence-corrected chi connectivity index (χ2v) is 10.5. The molecule has 0 radical (unpaired) electrons. The molecule has 2 aliphatic heterocycles. The fourth-order valence-electron chi connectivity index (χ4n) is 4.82. The molecule has 10 nitrogen and oxygen atoms in total. The highest BCUT2D eigenvalue weighted by molar-refractivity contribution is 7.80. The minimum atomic E-state index is -0.633. The monoisotopic (exact) mass is 577 g/mol. The topological polar surface area (TPSA) is 102 Å². The van der Waals surface area contributed by atoms with Gasteiger partial charge in [-0.25, -0.2) is 14.2 Å². The Morgan fingerprint density at radius 1 is 1.02 bits per heavy atom. The second kappa shape index (κ2) is 13.0.